The Kier molecular flexibility index (Phi) is 6.32. The Morgan fingerprint density at radius 1 is 1.29 bits per heavy atom. The molecule has 1 atom stereocenters. The van der Waals surface area contributed by atoms with Gasteiger partial charge in [0.25, 0.3) is 0 Å². The van der Waals surface area contributed by atoms with E-state index in [0.717, 1.165) is 11.3 Å². The molecule has 0 saturated carbocycles. The van der Waals surface area contributed by atoms with Crippen molar-refractivity contribution in [2.75, 3.05) is 6.61 Å². The fourth-order valence-corrected chi connectivity index (χ4v) is 2.21. The van der Waals surface area contributed by atoms with Crippen molar-refractivity contribution in [3.8, 4) is 11.8 Å². The highest BCUT2D eigenvalue weighted by molar-refractivity contribution is 5.76. The van der Waals surface area contributed by atoms with E-state index >= 15 is 0 Å². The third-order valence-corrected chi connectivity index (χ3v) is 3.44. The lowest BCUT2D eigenvalue weighted by Gasteiger charge is -2.12. The summed E-state index contributed by atoms with van der Waals surface area (Å²) in [6.45, 7) is 2.41. The van der Waals surface area contributed by atoms with E-state index in [0.29, 0.717) is 18.6 Å². The van der Waals surface area contributed by atoms with E-state index in [2.05, 4.69) is 5.32 Å². The standard InChI is InChI=1S/C19H19FN2O2/c1-14-4-2-5-17(12-14)24-11-3-6-19(23)22-18(13-21)15-7-9-16(20)10-8-15/h2,4-5,7-10,12,18H,3,6,11H2,1H3,(H,22,23)/t18-/m1/s1. The molecule has 0 aliphatic rings. The van der Waals surface area contributed by atoms with Crippen molar-refractivity contribution in [1.82, 2.24) is 5.32 Å². The third kappa shape index (κ3) is 5.40. The maximum absolute atomic E-state index is 12.9. The molecular weight excluding hydrogens is 307 g/mol. The van der Waals surface area contributed by atoms with Crippen LogP contribution < -0.4 is 10.1 Å². The number of carbonyl (C=O) groups excluding carboxylic acids is 1. The first kappa shape index (κ1) is 17.5. The smallest absolute Gasteiger partial charge is 0.221 e. The van der Waals surface area contributed by atoms with Gasteiger partial charge in [0, 0.05) is 6.42 Å². The molecule has 24 heavy (non-hydrogen) atoms. The predicted octanol–water partition coefficient (Wildman–Crippen LogP) is 3.67. The number of rotatable bonds is 7. The lowest BCUT2D eigenvalue weighted by Crippen LogP contribution is -2.27. The Morgan fingerprint density at radius 2 is 2.04 bits per heavy atom. The Bertz CT molecular complexity index is 723. The molecule has 2 rings (SSSR count). The van der Waals surface area contributed by atoms with Gasteiger partial charge < -0.3 is 10.1 Å². The summed E-state index contributed by atoms with van der Waals surface area (Å²) in [6, 6.07) is 14.4. The summed E-state index contributed by atoms with van der Waals surface area (Å²) in [5.41, 5.74) is 1.67. The van der Waals surface area contributed by atoms with Crippen LogP contribution in [0.15, 0.2) is 48.5 Å². The second-order valence-corrected chi connectivity index (χ2v) is 5.45. The van der Waals surface area contributed by atoms with Gasteiger partial charge in [0.1, 0.15) is 17.6 Å². The fourth-order valence-electron chi connectivity index (χ4n) is 2.21. The molecule has 0 fully saturated rings. The van der Waals surface area contributed by atoms with Gasteiger partial charge in [-0.2, -0.15) is 5.26 Å². The van der Waals surface area contributed by atoms with Crippen LogP contribution in [-0.4, -0.2) is 12.5 Å². The monoisotopic (exact) mass is 326 g/mol. The highest BCUT2D eigenvalue weighted by Crippen LogP contribution is 2.14. The van der Waals surface area contributed by atoms with E-state index in [-0.39, 0.29) is 18.1 Å². The van der Waals surface area contributed by atoms with Gasteiger partial charge in [-0.1, -0.05) is 24.3 Å². The number of hydrogen-bond acceptors (Lipinski definition) is 3. The van der Waals surface area contributed by atoms with Crippen molar-refractivity contribution in [2.24, 2.45) is 0 Å². The van der Waals surface area contributed by atoms with E-state index in [1.54, 1.807) is 0 Å². The summed E-state index contributed by atoms with van der Waals surface area (Å²) >= 11 is 0. The molecule has 0 saturated heterocycles. The minimum Gasteiger partial charge on any atom is -0.494 e. The summed E-state index contributed by atoms with van der Waals surface area (Å²) in [7, 11) is 0. The summed E-state index contributed by atoms with van der Waals surface area (Å²) in [5.74, 6) is 0.158. The maximum Gasteiger partial charge on any atom is 0.221 e. The zero-order chi connectivity index (χ0) is 17.4. The number of amides is 1. The summed E-state index contributed by atoms with van der Waals surface area (Å²) in [4.78, 5) is 11.9. The first-order valence-electron chi connectivity index (χ1n) is 7.72. The normalized spacial score (nSPS) is 11.4. The van der Waals surface area contributed by atoms with E-state index in [4.69, 9.17) is 10.00 Å². The van der Waals surface area contributed by atoms with E-state index < -0.39 is 6.04 Å². The molecule has 0 unspecified atom stereocenters. The number of aryl methyl sites for hydroxylation is 1. The molecule has 0 aromatic heterocycles. The Balaban J connectivity index is 1.76. The Hall–Kier alpha value is -2.87. The molecule has 5 heteroatoms. The van der Waals surface area contributed by atoms with Gasteiger partial charge in [-0.25, -0.2) is 4.39 Å². The van der Waals surface area contributed by atoms with Crippen LogP contribution in [0.25, 0.3) is 0 Å². The van der Waals surface area contributed by atoms with Crippen LogP contribution in [0.5, 0.6) is 5.75 Å². The van der Waals surface area contributed by atoms with Crippen LogP contribution in [0.3, 0.4) is 0 Å². The largest absolute Gasteiger partial charge is 0.494 e. The average Bonchev–Trinajstić information content (AvgIpc) is 2.57. The molecule has 1 N–H and O–H groups in total. The number of ether oxygens (including phenoxy) is 1. The molecule has 0 radical (unpaired) electrons. The molecule has 0 bridgehead atoms. The lowest BCUT2D eigenvalue weighted by atomic mass is 10.1. The second-order valence-electron chi connectivity index (χ2n) is 5.45. The zero-order valence-electron chi connectivity index (χ0n) is 13.5. The van der Waals surface area contributed by atoms with Gasteiger partial charge in [0.15, 0.2) is 0 Å². The molecule has 124 valence electrons. The molecule has 0 aliphatic carbocycles. The molecular formula is C19H19FN2O2. The van der Waals surface area contributed by atoms with Gasteiger partial charge in [-0.15, -0.1) is 0 Å². The van der Waals surface area contributed by atoms with Gasteiger partial charge >= 0.3 is 0 Å². The molecule has 4 nitrogen and oxygen atoms in total. The SMILES string of the molecule is Cc1cccc(OCCCC(=O)N[C@H](C#N)c2ccc(F)cc2)c1. The van der Waals surface area contributed by atoms with Crippen LogP contribution in [0.4, 0.5) is 4.39 Å². The molecule has 2 aromatic carbocycles. The third-order valence-electron chi connectivity index (χ3n) is 3.44. The van der Waals surface area contributed by atoms with Crippen molar-refractivity contribution < 1.29 is 13.9 Å². The first-order chi connectivity index (χ1) is 11.6. The zero-order valence-corrected chi connectivity index (χ0v) is 13.5. The number of benzene rings is 2. The minimum absolute atomic E-state index is 0.237. The number of halogens is 1. The molecule has 0 heterocycles. The number of nitrogens with zero attached hydrogens (tertiary/aromatic N) is 1. The highest BCUT2D eigenvalue weighted by Gasteiger charge is 2.13. The van der Waals surface area contributed by atoms with Gasteiger partial charge in [0.05, 0.1) is 12.7 Å². The number of nitriles is 1. The fraction of sp³-hybridized carbons (Fsp3) is 0.263. The lowest BCUT2D eigenvalue weighted by molar-refractivity contribution is -0.121. The van der Waals surface area contributed by atoms with Crippen molar-refractivity contribution in [2.45, 2.75) is 25.8 Å². The van der Waals surface area contributed by atoms with Crippen molar-refractivity contribution in [1.29, 1.82) is 5.26 Å². The number of nitrogens with one attached hydrogen (secondary N) is 1. The summed E-state index contributed by atoms with van der Waals surface area (Å²) in [5, 5.41) is 11.8. The quantitative estimate of drug-likeness (QED) is 0.790. The highest BCUT2D eigenvalue weighted by atomic mass is 19.1. The van der Waals surface area contributed by atoms with E-state index in [9.17, 15) is 9.18 Å². The Labute approximate surface area is 140 Å². The number of hydrogen-bond donors (Lipinski definition) is 1. The molecule has 1 amide bonds. The van der Waals surface area contributed by atoms with Crippen molar-refractivity contribution in [3.63, 3.8) is 0 Å². The first-order valence-corrected chi connectivity index (χ1v) is 7.72. The maximum atomic E-state index is 12.9. The van der Waals surface area contributed by atoms with E-state index in [1.165, 1.54) is 24.3 Å². The van der Waals surface area contributed by atoms with Crippen LogP contribution in [0.1, 0.15) is 30.0 Å². The van der Waals surface area contributed by atoms with E-state index in [1.807, 2.05) is 37.3 Å². The Morgan fingerprint density at radius 3 is 2.71 bits per heavy atom. The number of carbonyl (C=O) groups is 1. The van der Waals surface area contributed by atoms with Crippen LogP contribution in [0, 0.1) is 24.1 Å². The van der Waals surface area contributed by atoms with Gasteiger partial charge in [-0.3, -0.25) is 4.79 Å². The topological polar surface area (TPSA) is 62.1 Å². The second kappa shape index (κ2) is 8.68. The molecule has 0 aliphatic heterocycles. The van der Waals surface area contributed by atoms with Crippen LogP contribution in [0.2, 0.25) is 0 Å². The predicted molar refractivity (Wildman–Crippen MR) is 88.8 cm³/mol. The minimum atomic E-state index is -0.782. The van der Waals surface area contributed by atoms with Crippen molar-refractivity contribution >= 4 is 5.91 Å². The average molecular weight is 326 g/mol. The van der Waals surface area contributed by atoms with Gasteiger partial charge in [-0.05, 0) is 48.7 Å². The summed E-state index contributed by atoms with van der Waals surface area (Å²) in [6.07, 6.45) is 0.798. The van der Waals surface area contributed by atoms with Crippen LogP contribution >= 0.6 is 0 Å². The molecule has 0 spiro atoms. The van der Waals surface area contributed by atoms with Gasteiger partial charge in [0.2, 0.25) is 5.91 Å². The summed E-state index contributed by atoms with van der Waals surface area (Å²) < 4.78 is 18.5. The molecule has 2 aromatic rings. The van der Waals surface area contributed by atoms with Crippen molar-refractivity contribution in [3.05, 3.63) is 65.5 Å². The van der Waals surface area contributed by atoms with Crippen LogP contribution in [-0.2, 0) is 4.79 Å².